The van der Waals surface area contributed by atoms with E-state index in [1.165, 1.54) is 15.9 Å². The number of anilines is 2. The highest BCUT2D eigenvalue weighted by molar-refractivity contribution is 6.07. The van der Waals surface area contributed by atoms with Crippen LogP contribution in [0.5, 0.6) is 5.75 Å². The van der Waals surface area contributed by atoms with Gasteiger partial charge in [-0.1, -0.05) is 6.58 Å². The zero-order chi connectivity index (χ0) is 18.8. The SMILES string of the molecule is C=CC(=O)N(C)c1ccc(C(=O)N2CCOc3cc(F)c(F)cc32)cc1. The quantitative estimate of drug-likeness (QED) is 0.792. The molecule has 26 heavy (non-hydrogen) atoms. The molecule has 1 aliphatic heterocycles. The molecule has 0 aromatic heterocycles. The molecule has 0 atom stereocenters. The predicted molar refractivity (Wildman–Crippen MR) is 93.6 cm³/mol. The van der Waals surface area contributed by atoms with Gasteiger partial charge in [-0.3, -0.25) is 9.59 Å². The first kappa shape index (κ1) is 17.6. The second-order valence-corrected chi connectivity index (χ2v) is 5.69. The lowest BCUT2D eigenvalue weighted by molar-refractivity contribution is -0.113. The molecule has 0 fully saturated rings. The van der Waals surface area contributed by atoms with Gasteiger partial charge in [0, 0.05) is 30.4 Å². The van der Waals surface area contributed by atoms with Crippen molar-refractivity contribution in [2.75, 3.05) is 30.0 Å². The largest absolute Gasteiger partial charge is 0.489 e. The molecule has 0 radical (unpaired) electrons. The Hall–Kier alpha value is -3.22. The first-order valence-corrected chi connectivity index (χ1v) is 7.86. The number of carbonyl (C=O) groups excluding carboxylic acids is 2. The van der Waals surface area contributed by atoms with Gasteiger partial charge in [-0.25, -0.2) is 8.78 Å². The van der Waals surface area contributed by atoms with Crippen molar-refractivity contribution in [2.45, 2.75) is 0 Å². The van der Waals surface area contributed by atoms with Crippen LogP contribution in [0, 0.1) is 11.6 Å². The van der Waals surface area contributed by atoms with Gasteiger partial charge in [-0.15, -0.1) is 0 Å². The smallest absolute Gasteiger partial charge is 0.258 e. The van der Waals surface area contributed by atoms with Crippen molar-refractivity contribution < 1.29 is 23.1 Å². The molecule has 134 valence electrons. The number of benzene rings is 2. The molecule has 2 aromatic carbocycles. The van der Waals surface area contributed by atoms with Crippen molar-refractivity contribution in [2.24, 2.45) is 0 Å². The number of amides is 2. The molecular formula is C19H16F2N2O3. The fourth-order valence-electron chi connectivity index (χ4n) is 2.67. The highest BCUT2D eigenvalue weighted by atomic mass is 19.2. The fourth-order valence-corrected chi connectivity index (χ4v) is 2.67. The van der Waals surface area contributed by atoms with E-state index in [4.69, 9.17) is 4.74 Å². The Labute approximate surface area is 149 Å². The molecule has 0 N–H and O–H groups in total. The number of carbonyl (C=O) groups is 2. The first-order valence-electron chi connectivity index (χ1n) is 7.86. The van der Waals surface area contributed by atoms with E-state index in [0.29, 0.717) is 11.3 Å². The summed E-state index contributed by atoms with van der Waals surface area (Å²) in [6, 6.07) is 8.28. The van der Waals surface area contributed by atoms with Gasteiger partial charge in [-0.2, -0.15) is 0 Å². The maximum atomic E-state index is 13.6. The van der Waals surface area contributed by atoms with Gasteiger partial charge in [0.15, 0.2) is 11.6 Å². The average molecular weight is 358 g/mol. The summed E-state index contributed by atoms with van der Waals surface area (Å²) in [5.74, 6) is -2.60. The molecule has 5 nitrogen and oxygen atoms in total. The molecule has 1 heterocycles. The summed E-state index contributed by atoms with van der Waals surface area (Å²) < 4.78 is 32.3. The Morgan fingerprint density at radius 3 is 2.50 bits per heavy atom. The van der Waals surface area contributed by atoms with E-state index in [9.17, 15) is 18.4 Å². The van der Waals surface area contributed by atoms with E-state index in [1.54, 1.807) is 31.3 Å². The molecule has 0 saturated carbocycles. The number of hydrogen-bond acceptors (Lipinski definition) is 3. The van der Waals surface area contributed by atoms with Crippen molar-refractivity contribution in [3.05, 3.63) is 66.3 Å². The van der Waals surface area contributed by atoms with Gasteiger partial charge in [0.2, 0.25) is 5.91 Å². The number of halogens is 2. The molecule has 7 heteroatoms. The minimum atomic E-state index is -1.05. The van der Waals surface area contributed by atoms with Gasteiger partial charge in [-0.05, 0) is 30.3 Å². The standard InChI is InChI=1S/C19H16F2N2O3/c1-3-18(24)22(2)13-6-4-12(5-7-13)19(25)23-8-9-26-17-11-15(21)14(20)10-16(17)23/h3-7,10-11H,1,8-9H2,2H3. The van der Waals surface area contributed by atoms with Crippen molar-refractivity contribution in [1.29, 1.82) is 0 Å². The zero-order valence-corrected chi connectivity index (χ0v) is 14.0. The van der Waals surface area contributed by atoms with Crippen LogP contribution in [0.3, 0.4) is 0 Å². The lowest BCUT2D eigenvalue weighted by atomic mass is 10.1. The van der Waals surface area contributed by atoms with Gasteiger partial charge in [0.25, 0.3) is 5.91 Å². The van der Waals surface area contributed by atoms with Crippen LogP contribution in [-0.2, 0) is 4.79 Å². The second kappa shape index (κ2) is 6.95. The summed E-state index contributed by atoms with van der Waals surface area (Å²) in [6.45, 7) is 3.82. The van der Waals surface area contributed by atoms with Crippen LogP contribution in [0.25, 0.3) is 0 Å². The third-order valence-corrected chi connectivity index (χ3v) is 4.12. The predicted octanol–water partition coefficient (Wildman–Crippen LogP) is 3.15. The van der Waals surface area contributed by atoms with Gasteiger partial charge >= 0.3 is 0 Å². The maximum Gasteiger partial charge on any atom is 0.258 e. The molecule has 2 aromatic rings. The van der Waals surface area contributed by atoms with Crippen LogP contribution in [0.4, 0.5) is 20.2 Å². The monoisotopic (exact) mass is 358 g/mol. The normalized spacial score (nSPS) is 12.8. The highest BCUT2D eigenvalue weighted by Gasteiger charge is 2.26. The molecule has 2 amide bonds. The Balaban J connectivity index is 1.88. The van der Waals surface area contributed by atoms with E-state index < -0.39 is 11.6 Å². The summed E-state index contributed by atoms with van der Waals surface area (Å²) in [7, 11) is 1.59. The van der Waals surface area contributed by atoms with Crippen LogP contribution in [0.2, 0.25) is 0 Å². The fraction of sp³-hybridized carbons (Fsp3) is 0.158. The minimum absolute atomic E-state index is 0.122. The summed E-state index contributed by atoms with van der Waals surface area (Å²) >= 11 is 0. The van der Waals surface area contributed by atoms with Crippen molar-refractivity contribution in [3.8, 4) is 5.75 Å². The third-order valence-electron chi connectivity index (χ3n) is 4.12. The number of nitrogens with zero attached hydrogens (tertiary/aromatic N) is 2. The van der Waals surface area contributed by atoms with E-state index in [0.717, 1.165) is 12.1 Å². The summed E-state index contributed by atoms with van der Waals surface area (Å²) in [5, 5.41) is 0. The van der Waals surface area contributed by atoms with E-state index in [1.807, 2.05) is 0 Å². The number of rotatable bonds is 3. The number of ether oxygens (including phenoxy) is 1. The van der Waals surface area contributed by atoms with Crippen molar-refractivity contribution in [3.63, 3.8) is 0 Å². The first-order chi connectivity index (χ1) is 12.4. The van der Waals surface area contributed by atoms with Gasteiger partial charge in [0.05, 0.1) is 12.2 Å². The molecular weight excluding hydrogens is 342 g/mol. The Morgan fingerprint density at radius 2 is 1.85 bits per heavy atom. The lowest BCUT2D eigenvalue weighted by Gasteiger charge is -2.29. The molecule has 0 bridgehead atoms. The van der Waals surface area contributed by atoms with Crippen molar-refractivity contribution >= 4 is 23.2 Å². The third kappa shape index (κ3) is 3.15. The van der Waals surface area contributed by atoms with E-state index >= 15 is 0 Å². The summed E-state index contributed by atoms with van der Waals surface area (Å²) in [4.78, 5) is 27.1. The zero-order valence-electron chi connectivity index (χ0n) is 14.0. The number of hydrogen-bond donors (Lipinski definition) is 0. The van der Waals surface area contributed by atoms with E-state index in [-0.39, 0.29) is 36.4 Å². The average Bonchev–Trinajstić information content (AvgIpc) is 2.67. The Bertz CT molecular complexity index is 881. The number of fused-ring (bicyclic) bond motifs is 1. The summed E-state index contributed by atoms with van der Waals surface area (Å²) in [6.07, 6.45) is 1.19. The Morgan fingerprint density at radius 1 is 1.19 bits per heavy atom. The van der Waals surface area contributed by atoms with Crippen LogP contribution in [0.15, 0.2) is 49.1 Å². The van der Waals surface area contributed by atoms with Crippen LogP contribution in [-0.4, -0.2) is 32.0 Å². The molecule has 0 spiro atoms. The molecule has 1 aliphatic rings. The van der Waals surface area contributed by atoms with Gasteiger partial charge in [0.1, 0.15) is 12.4 Å². The van der Waals surface area contributed by atoms with Crippen LogP contribution in [0.1, 0.15) is 10.4 Å². The molecule has 0 saturated heterocycles. The maximum absolute atomic E-state index is 13.6. The van der Waals surface area contributed by atoms with Gasteiger partial charge < -0.3 is 14.5 Å². The highest BCUT2D eigenvalue weighted by Crippen LogP contribution is 2.34. The lowest BCUT2D eigenvalue weighted by Crippen LogP contribution is -2.38. The molecule has 0 aliphatic carbocycles. The number of likely N-dealkylation sites (N-methyl/N-ethyl adjacent to an activating group) is 1. The molecule has 3 rings (SSSR count). The topological polar surface area (TPSA) is 49.9 Å². The van der Waals surface area contributed by atoms with Crippen LogP contribution >= 0.6 is 0 Å². The van der Waals surface area contributed by atoms with Crippen molar-refractivity contribution in [1.82, 2.24) is 0 Å². The minimum Gasteiger partial charge on any atom is -0.489 e. The van der Waals surface area contributed by atoms with Crippen LogP contribution < -0.4 is 14.5 Å². The second-order valence-electron chi connectivity index (χ2n) is 5.69. The molecule has 0 unspecified atom stereocenters. The Kier molecular flexibility index (Phi) is 4.71. The summed E-state index contributed by atoms with van der Waals surface area (Å²) in [5.41, 5.74) is 1.14. The van der Waals surface area contributed by atoms with E-state index in [2.05, 4.69) is 6.58 Å².